The van der Waals surface area contributed by atoms with Crippen molar-refractivity contribution in [2.45, 2.75) is 24.9 Å². The molecule has 1 fully saturated rings. The Bertz CT molecular complexity index is 438. The Labute approximate surface area is 82.0 Å². The van der Waals surface area contributed by atoms with Crippen LogP contribution in [0.2, 0.25) is 0 Å². The third-order valence-corrected chi connectivity index (χ3v) is 2.75. The molecule has 1 saturated carbocycles. The van der Waals surface area contributed by atoms with Gasteiger partial charge in [-0.25, -0.2) is 4.98 Å². The minimum Gasteiger partial charge on any atom is -0.389 e. The smallest absolute Gasteiger partial charge is 0.136 e. The monoisotopic (exact) mass is 188 g/mol. The lowest BCUT2D eigenvalue weighted by Gasteiger charge is -2.02. The maximum Gasteiger partial charge on any atom is 0.136 e. The Kier molecular flexibility index (Phi) is 1.47. The fourth-order valence-corrected chi connectivity index (χ4v) is 1.73. The lowest BCUT2D eigenvalue weighted by molar-refractivity contribution is 0.150. The van der Waals surface area contributed by atoms with E-state index in [0.29, 0.717) is 6.42 Å². The molecule has 72 valence electrons. The van der Waals surface area contributed by atoms with Gasteiger partial charge < -0.3 is 9.51 Å². The van der Waals surface area contributed by atoms with E-state index in [4.69, 9.17) is 0 Å². The molecule has 0 aliphatic heterocycles. The summed E-state index contributed by atoms with van der Waals surface area (Å²) in [6.07, 6.45) is 6.49. The molecule has 2 aromatic heterocycles. The Morgan fingerprint density at radius 2 is 2.29 bits per heavy atom. The number of hydrogen-bond donors (Lipinski definition) is 1. The molecule has 0 aromatic carbocycles. The van der Waals surface area contributed by atoms with Crippen LogP contribution in [0.25, 0.3) is 5.65 Å². The van der Waals surface area contributed by atoms with Crippen LogP contribution in [0.1, 0.15) is 18.5 Å². The highest BCUT2D eigenvalue weighted by atomic mass is 16.3. The lowest BCUT2D eigenvalue weighted by atomic mass is 10.2. The fourth-order valence-electron chi connectivity index (χ4n) is 1.73. The number of nitrogens with zero attached hydrogens (tertiary/aromatic N) is 2. The van der Waals surface area contributed by atoms with Gasteiger partial charge in [0, 0.05) is 18.8 Å². The Morgan fingerprint density at radius 1 is 1.43 bits per heavy atom. The molecule has 2 heterocycles. The number of pyridine rings is 1. The Balaban J connectivity index is 1.98. The van der Waals surface area contributed by atoms with E-state index in [2.05, 4.69) is 4.98 Å². The fraction of sp³-hybridized carbons (Fsp3) is 0.364. The summed E-state index contributed by atoms with van der Waals surface area (Å²) >= 11 is 0. The summed E-state index contributed by atoms with van der Waals surface area (Å²) in [5.41, 5.74) is 1.49. The standard InChI is InChI=1S/C11H12N2O/c14-11(4-5-11)7-9-8-13-6-2-1-3-10(13)12-9/h1-3,6,8,14H,4-5,7H2. The number of rotatable bonds is 2. The first-order valence-corrected chi connectivity index (χ1v) is 4.90. The zero-order valence-corrected chi connectivity index (χ0v) is 7.85. The molecule has 1 N–H and O–H groups in total. The van der Waals surface area contributed by atoms with E-state index in [1.165, 1.54) is 0 Å². The van der Waals surface area contributed by atoms with Crippen LogP contribution < -0.4 is 0 Å². The number of fused-ring (bicyclic) bond motifs is 1. The molecule has 0 unspecified atom stereocenters. The van der Waals surface area contributed by atoms with Crippen LogP contribution in [0.3, 0.4) is 0 Å². The minimum atomic E-state index is -0.446. The number of imidazole rings is 1. The van der Waals surface area contributed by atoms with Crippen LogP contribution in [0, 0.1) is 0 Å². The van der Waals surface area contributed by atoms with Crippen LogP contribution in [-0.2, 0) is 6.42 Å². The topological polar surface area (TPSA) is 37.5 Å². The van der Waals surface area contributed by atoms with Gasteiger partial charge in [0.25, 0.3) is 0 Å². The zero-order valence-electron chi connectivity index (χ0n) is 7.85. The summed E-state index contributed by atoms with van der Waals surface area (Å²) in [6.45, 7) is 0. The van der Waals surface area contributed by atoms with Crippen molar-refractivity contribution in [3.05, 3.63) is 36.3 Å². The third-order valence-electron chi connectivity index (χ3n) is 2.75. The summed E-state index contributed by atoms with van der Waals surface area (Å²) in [6, 6.07) is 5.92. The van der Waals surface area contributed by atoms with Crippen molar-refractivity contribution in [2.75, 3.05) is 0 Å². The van der Waals surface area contributed by atoms with Crippen molar-refractivity contribution in [3.8, 4) is 0 Å². The second-order valence-corrected chi connectivity index (χ2v) is 4.10. The van der Waals surface area contributed by atoms with Gasteiger partial charge in [0.15, 0.2) is 0 Å². The van der Waals surface area contributed by atoms with Gasteiger partial charge in [-0.1, -0.05) is 6.07 Å². The van der Waals surface area contributed by atoms with E-state index in [1.807, 2.05) is 35.0 Å². The molecule has 3 nitrogen and oxygen atoms in total. The SMILES string of the molecule is OC1(Cc2cn3ccccc3n2)CC1. The van der Waals surface area contributed by atoms with Gasteiger partial charge in [-0.15, -0.1) is 0 Å². The quantitative estimate of drug-likeness (QED) is 0.773. The van der Waals surface area contributed by atoms with E-state index in [0.717, 1.165) is 24.2 Å². The van der Waals surface area contributed by atoms with Crippen LogP contribution in [0.5, 0.6) is 0 Å². The predicted molar refractivity (Wildman–Crippen MR) is 53.1 cm³/mol. The van der Waals surface area contributed by atoms with E-state index in [-0.39, 0.29) is 0 Å². The Morgan fingerprint density at radius 3 is 3.00 bits per heavy atom. The highest BCUT2D eigenvalue weighted by Gasteiger charge is 2.40. The van der Waals surface area contributed by atoms with Gasteiger partial charge >= 0.3 is 0 Å². The average Bonchev–Trinajstić information content (AvgIpc) is 2.77. The summed E-state index contributed by atoms with van der Waals surface area (Å²) in [5, 5.41) is 9.76. The average molecular weight is 188 g/mol. The molecular weight excluding hydrogens is 176 g/mol. The van der Waals surface area contributed by atoms with Crippen molar-refractivity contribution in [1.29, 1.82) is 0 Å². The first kappa shape index (κ1) is 8.00. The van der Waals surface area contributed by atoms with Gasteiger partial charge in [-0.3, -0.25) is 0 Å². The summed E-state index contributed by atoms with van der Waals surface area (Å²) in [5.74, 6) is 0. The summed E-state index contributed by atoms with van der Waals surface area (Å²) in [7, 11) is 0. The van der Waals surface area contributed by atoms with Crippen LogP contribution in [-0.4, -0.2) is 20.1 Å². The molecule has 0 amide bonds. The van der Waals surface area contributed by atoms with Crippen LogP contribution in [0.15, 0.2) is 30.6 Å². The number of aliphatic hydroxyl groups is 1. The molecule has 0 saturated heterocycles. The zero-order chi connectivity index (χ0) is 9.60. The van der Waals surface area contributed by atoms with Gasteiger partial charge in [0.2, 0.25) is 0 Å². The molecule has 1 aliphatic rings. The van der Waals surface area contributed by atoms with Crippen molar-refractivity contribution in [3.63, 3.8) is 0 Å². The summed E-state index contributed by atoms with van der Waals surface area (Å²) in [4.78, 5) is 4.44. The van der Waals surface area contributed by atoms with Crippen molar-refractivity contribution < 1.29 is 5.11 Å². The first-order valence-electron chi connectivity index (χ1n) is 4.90. The van der Waals surface area contributed by atoms with Crippen molar-refractivity contribution >= 4 is 5.65 Å². The van der Waals surface area contributed by atoms with Crippen molar-refractivity contribution in [1.82, 2.24) is 9.38 Å². The molecule has 0 bridgehead atoms. The van der Waals surface area contributed by atoms with Crippen molar-refractivity contribution in [2.24, 2.45) is 0 Å². The molecule has 2 aromatic rings. The van der Waals surface area contributed by atoms with E-state index < -0.39 is 5.60 Å². The number of hydrogen-bond acceptors (Lipinski definition) is 2. The minimum absolute atomic E-state index is 0.446. The third kappa shape index (κ3) is 1.30. The highest BCUT2D eigenvalue weighted by molar-refractivity contribution is 5.39. The molecular formula is C11H12N2O. The highest BCUT2D eigenvalue weighted by Crippen LogP contribution is 2.37. The van der Waals surface area contributed by atoms with E-state index in [9.17, 15) is 5.11 Å². The van der Waals surface area contributed by atoms with E-state index in [1.54, 1.807) is 0 Å². The molecule has 14 heavy (non-hydrogen) atoms. The molecule has 0 atom stereocenters. The second-order valence-electron chi connectivity index (χ2n) is 4.10. The van der Waals surface area contributed by atoms with Gasteiger partial charge in [0.05, 0.1) is 11.3 Å². The predicted octanol–water partition coefficient (Wildman–Crippen LogP) is 1.40. The second kappa shape index (κ2) is 2.58. The van der Waals surface area contributed by atoms with Crippen LogP contribution in [0.4, 0.5) is 0 Å². The molecule has 3 rings (SSSR count). The van der Waals surface area contributed by atoms with Crippen LogP contribution >= 0.6 is 0 Å². The molecule has 3 heteroatoms. The normalized spacial score (nSPS) is 18.6. The summed E-state index contributed by atoms with van der Waals surface area (Å²) < 4.78 is 1.99. The Hall–Kier alpha value is -1.35. The maximum absolute atomic E-state index is 9.76. The van der Waals surface area contributed by atoms with E-state index >= 15 is 0 Å². The van der Waals surface area contributed by atoms with Gasteiger partial charge in [0.1, 0.15) is 5.65 Å². The number of aromatic nitrogens is 2. The lowest BCUT2D eigenvalue weighted by Crippen LogP contribution is -2.10. The largest absolute Gasteiger partial charge is 0.389 e. The molecule has 0 spiro atoms. The van der Waals surface area contributed by atoms with Gasteiger partial charge in [-0.2, -0.15) is 0 Å². The molecule has 0 radical (unpaired) electrons. The molecule has 1 aliphatic carbocycles. The maximum atomic E-state index is 9.76. The van der Waals surface area contributed by atoms with Gasteiger partial charge in [-0.05, 0) is 25.0 Å². The first-order chi connectivity index (χ1) is 6.75.